The molecule has 0 spiro atoms. The van der Waals surface area contributed by atoms with Gasteiger partial charge < -0.3 is 9.84 Å². The van der Waals surface area contributed by atoms with Crippen molar-refractivity contribution in [3.63, 3.8) is 0 Å². The number of methoxy groups -OCH3 is 1. The number of thioether (sulfide) groups is 1. The molecule has 1 aliphatic rings. The number of para-hydroxylation sites is 1. The molecule has 0 aliphatic carbocycles. The third kappa shape index (κ3) is 4.69. The van der Waals surface area contributed by atoms with Gasteiger partial charge in [0.15, 0.2) is 0 Å². The molecular formula is C25H24FNO3S. The highest BCUT2D eigenvalue weighted by molar-refractivity contribution is 8.14. The number of anilines is 1. The molecule has 0 radical (unpaired) electrons. The number of rotatable bonds is 7. The first-order valence-corrected chi connectivity index (χ1v) is 11.1. The van der Waals surface area contributed by atoms with Crippen molar-refractivity contribution in [1.82, 2.24) is 0 Å². The van der Waals surface area contributed by atoms with Crippen molar-refractivity contribution < 1.29 is 19.0 Å². The summed E-state index contributed by atoms with van der Waals surface area (Å²) in [6.07, 6.45) is 2.44. The topological polar surface area (TPSA) is 49.8 Å². The molecule has 1 heterocycles. The Hall–Kier alpha value is -2.99. The fraction of sp³-hybridized carbons (Fsp3) is 0.240. The number of aryl methyl sites for hydroxylation is 1. The van der Waals surface area contributed by atoms with Gasteiger partial charge in [0.1, 0.15) is 17.3 Å². The second kappa shape index (κ2) is 9.43. The SMILES string of the molecule is COc1ccc(C2C(CCCc3ccc(F)cc3)SC(=O)N2c2ccccc2)c(O)c1. The highest BCUT2D eigenvalue weighted by atomic mass is 32.2. The fourth-order valence-corrected chi connectivity index (χ4v) is 5.27. The standard InChI is InChI=1S/C25H24FNO3S/c1-30-20-14-15-21(22(28)16-20)24-23(9-5-6-17-10-12-18(26)13-11-17)31-25(29)27(24)19-7-3-2-4-8-19/h2-4,7-8,10-16,23-24,28H,5-6,9H2,1H3. The van der Waals surface area contributed by atoms with E-state index in [1.165, 1.54) is 23.9 Å². The third-order valence-corrected chi connectivity index (χ3v) is 6.73. The summed E-state index contributed by atoms with van der Waals surface area (Å²) in [5.74, 6) is 0.440. The molecule has 2 atom stereocenters. The fourth-order valence-electron chi connectivity index (χ4n) is 4.00. The molecule has 3 aromatic rings. The molecule has 0 saturated carbocycles. The van der Waals surface area contributed by atoms with Crippen LogP contribution < -0.4 is 9.64 Å². The van der Waals surface area contributed by atoms with E-state index in [9.17, 15) is 14.3 Å². The summed E-state index contributed by atoms with van der Waals surface area (Å²) in [5, 5.41) is 10.7. The number of carbonyl (C=O) groups is 1. The van der Waals surface area contributed by atoms with Crippen LogP contribution in [-0.2, 0) is 6.42 Å². The first-order chi connectivity index (χ1) is 15.1. The Morgan fingerprint density at radius 3 is 2.48 bits per heavy atom. The lowest BCUT2D eigenvalue weighted by atomic mass is 9.96. The third-order valence-electron chi connectivity index (χ3n) is 5.54. The van der Waals surface area contributed by atoms with Crippen LogP contribution in [0.15, 0.2) is 72.8 Å². The number of carbonyl (C=O) groups excluding carboxylic acids is 1. The Balaban J connectivity index is 1.60. The predicted molar refractivity (Wildman–Crippen MR) is 122 cm³/mol. The lowest BCUT2D eigenvalue weighted by Gasteiger charge is -2.28. The van der Waals surface area contributed by atoms with Gasteiger partial charge in [0.2, 0.25) is 0 Å². The van der Waals surface area contributed by atoms with Crippen molar-refractivity contribution in [2.45, 2.75) is 30.6 Å². The second-order valence-electron chi connectivity index (χ2n) is 7.52. The van der Waals surface area contributed by atoms with E-state index in [1.807, 2.05) is 36.4 Å². The van der Waals surface area contributed by atoms with Gasteiger partial charge in [-0.25, -0.2) is 4.39 Å². The summed E-state index contributed by atoms with van der Waals surface area (Å²) in [5.41, 5.74) is 2.58. The van der Waals surface area contributed by atoms with Gasteiger partial charge in [0.05, 0.1) is 13.2 Å². The highest BCUT2D eigenvalue weighted by Crippen LogP contribution is 2.48. The molecule has 2 unspecified atom stereocenters. The van der Waals surface area contributed by atoms with Crippen LogP contribution in [0.5, 0.6) is 11.5 Å². The number of phenolic OH excluding ortho intramolecular Hbond substituents is 1. The van der Waals surface area contributed by atoms with E-state index >= 15 is 0 Å². The van der Waals surface area contributed by atoms with Crippen LogP contribution in [0.25, 0.3) is 0 Å². The Kier molecular flexibility index (Phi) is 6.47. The van der Waals surface area contributed by atoms with Crippen molar-refractivity contribution in [1.29, 1.82) is 0 Å². The minimum atomic E-state index is -0.293. The number of hydrogen-bond donors (Lipinski definition) is 1. The minimum absolute atomic E-state index is 0.0209. The maximum Gasteiger partial charge on any atom is 0.287 e. The molecule has 1 amide bonds. The average Bonchev–Trinajstić information content (AvgIpc) is 3.11. The summed E-state index contributed by atoms with van der Waals surface area (Å²) in [6, 6.07) is 21.0. The van der Waals surface area contributed by atoms with Gasteiger partial charge >= 0.3 is 0 Å². The van der Waals surface area contributed by atoms with E-state index in [0.717, 1.165) is 30.5 Å². The number of nitrogens with zero attached hydrogens (tertiary/aromatic N) is 1. The Labute approximate surface area is 185 Å². The van der Waals surface area contributed by atoms with Crippen molar-refractivity contribution in [2.24, 2.45) is 0 Å². The van der Waals surface area contributed by atoms with E-state index in [1.54, 1.807) is 36.3 Å². The molecule has 1 fully saturated rings. The van der Waals surface area contributed by atoms with E-state index in [-0.39, 0.29) is 28.1 Å². The van der Waals surface area contributed by atoms with E-state index in [2.05, 4.69) is 0 Å². The monoisotopic (exact) mass is 437 g/mol. The largest absolute Gasteiger partial charge is 0.507 e. The minimum Gasteiger partial charge on any atom is -0.507 e. The quantitative estimate of drug-likeness (QED) is 0.468. The molecule has 3 aromatic carbocycles. The zero-order chi connectivity index (χ0) is 21.8. The number of phenols is 1. The van der Waals surface area contributed by atoms with Crippen LogP contribution in [0, 0.1) is 5.82 Å². The first-order valence-electron chi connectivity index (χ1n) is 10.2. The van der Waals surface area contributed by atoms with Crippen LogP contribution in [0.4, 0.5) is 14.9 Å². The van der Waals surface area contributed by atoms with Gasteiger partial charge in [0.25, 0.3) is 5.24 Å². The second-order valence-corrected chi connectivity index (χ2v) is 8.71. The Morgan fingerprint density at radius 2 is 1.81 bits per heavy atom. The molecule has 0 aromatic heterocycles. The summed E-state index contributed by atoms with van der Waals surface area (Å²) in [4.78, 5) is 14.8. The lowest BCUT2D eigenvalue weighted by Crippen LogP contribution is -2.29. The molecule has 4 nitrogen and oxygen atoms in total. The number of aromatic hydroxyl groups is 1. The number of benzene rings is 3. The van der Waals surface area contributed by atoms with Gasteiger partial charge in [-0.1, -0.05) is 42.1 Å². The zero-order valence-electron chi connectivity index (χ0n) is 17.2. The number of halogens is 1. The van der Waals surface area contributed by atoms with Crippen LogP contribution in [0.2, 0.25) is 0 Å². The number of ether oxygens (including phenoxy) is 1. The van der Waals surface area contributed by atoms with Crippen molar-refractivity contribution in [2.75, 3.05) is 12.0 Å². The van der Waals surface area contributed by atoms with Gasteiger partial charge in [-0.3, -0.25) is 9.69 Å². The number of amides is 1. The number of hydrogen-bond acceptors (Lipinski definition) is 4. The maximum atomic E-state index is 13.2. The van der Waals surface area contributed by atoms with E-state index < -0.39 is 0 Å². The van der Waals surface area contributed by atoms with Gasteiger partial charge in [0, 0.05) is 22.6 Å². The van der Waals surface area contributed by atoms with Crippen molar-refractivity contribution in [3.05, 3.63) is 89.7 Å². The first kappa shape index (κ1) is 21.2. The maximum absolute atomic E-state index is 13.2. The predicted octanol–water partition coefficient (Wildman–Crippen LogP) is 6.35. The summed E-state index contributed by atoms with van der Waals surface area (Å²) >= 11 is 1.31. The zero-order valence-corrected chi connectivity index (χ0v) is 18.0. The molecular weight excluding hydrogens is 413 g/mol. The Morgan fingerprint density at radius 1 is 1.06 bits per heavy atom. The van der Waals surface area contributed by atoms with Crippen LogP contribution >= 0.6 is 11.8 Å². The van der Waals surface area contributed by atoms with Gasteiger partial charge in [-0.05, 0) is 61.2 Å². The van der Waals surface area contributed by atoms with Crippen LogP contribution in [0.3, 0.4) is 0 Å². The van der Waals surface area contributed by atoms with E-state index in [4.69, 9.17) is 4.74 Å². The van der Waals surface area contributed by atoms with Crippen LogP contribution in [-0.4, -0.2) is 22.7 Å². The molecule has 6 heteroatoms. The van der Waals surface area contributed by atoms with Gasteiger partial charge in [-0.15, -0.1) is 0 Å². The average molecular weight is 438 g/mol. The molecule has 1 aliphatic heterocycles. The molecule has 0 bridgehead atoms. The highest BCUT2D eigenvalue weighted by Gasteiger charge is 2.43. The summed E-state index contributed by atoms with van der Waals surface area (Å²) in [7, 11) is 1.55. The van der Waals surface area contributed by atoms with Gasteiger partial charge in [-0.2, -0.15) is 0 Å². The summed E-state index contributed by atoms with van der Waals surface area (Å²) < 4.78 is 18.4. The molecule has 1 saturated heterocycles. The molecule has 31 heavy (non-hydrogen) atoms. The smallest absolute Gasteiger partial charge is 0.287 e. The van der Waals surface area contributed by atoms with Crippen molar-refractivity contribution in [3.8, 4) is 11.5 Å². The summed E-state index contributed by atoms with van der Waals surface area (Å²) in [6.45, 7) is 0. The van der Waals surface area contributed by atoms with E-state index in [0.29, 0.717) is 11.3 Å². The normalized spacial score (nSPS) is 18.4. The lowest BCUT2D eigenvalue weighted by molar-refractivity contribution is 0.264. The van der Waals surface area contributed by atoms with Crippen LogP contribution in [0.1, 0.15) is 30.0 Å². The molecule has 4 rings (SSSR count). The van der Waals surface area contributed by atoms with Crippen molar-refractivity contribution >= 4 is 22.7 Å². The molecule has 1 N–H and O–H groups in total. The molecule has 160 valence electrons. The Bertz CT molecular complexity index is 1040.